The number of hydrogen-bond donors (Lipinski definition) is 2. The maximum absolute atomic E-state index is 14.4. The van der Waals surface area contributed by atoms with E-state index in [9.17, 15) is 14.0 Å². The molecule has 3 heterocycles. The fourth-order valence-corrected chi connectivity index (χ4v) is 4.23. The Kier molecular flexibility index (Phi) is 6.65. The second-order valence-corrected chi connectivity index (χ2v) is 8.83. The lowest BCUT2D eigenvalue weighted by Gasteiger charge is -2.34. The number of anilines is 4. The van der Waals surface area contributed by atoms with Gasteiger partial charge in [0, 0.05) is 61.7 Å². The van der Waals surface area contributed by atoms with Gasteiger partial charge in [0.25, 0.3) is 0 Å². The number of fused-ring (bicyclic) bond motifs is 1. The van der Waals surface area contributed by atoms with Gasteiger partial charge in [-0.05, 0) is 55.6 Å². The van der Waals surface area contributed by atoms with Crippen molar-refractivity contribution in [1.29, 1.82) is 0 Å². The van der Waals surface area contributed by atoms with Crippen LogP contribution in [0.3, 0.4) is 0 Å². The van der Waals surface area contributed by atoms with Crippen LogP contribution in [-0.4, -0.2) is 58.6 Å². The quantitative estimate of drug-likeness (QED) is 0.392. The minimum absolute atomic E-state index is 0.250. The first-order valence-electron chi connectivity index (χ1n) is 11.8. The van der Waals surface area contributed by atoms with Gasteiger partial charge in [-0.2, -0.15) is 4.98 Å². The summed E-state index contributed by atoms with van der Waals surface area (Å²) in [5, 5.41) is 6.01. The molecule has 0 saturated carbocycles. The summed E-state index contributed by atoms with van der Waals surface area (Å²) >= 11 is 0. The number of halogens is 1. The summed E-state index contributed by atoms with van der Waals surface area (Å²) < 4.78 is 16.0. The third-order valence-corrected chi connectivity index (χ3v) is 6.24. The number of hydrogen-bond acceptors (Lipinski definition) is 7. The molecule has 188 valence electrons. The fraction of sp³-hybridized carbons (Fsp3) is 0.185. The van der Waals surface area contributed by atoms with Gasteiger partial charge in [-0.25, -0.2) is 9.37 Å². The molecule has 0 radical (unpaired) electrons. The summed E-state index contributed by atoms with van der Waals surface area (Å²) in [6.07, 6.45) is 4.06. The Labute approximate surface area is 212 Å². The molecular formula is C27H26FN7O2. The molecule has 0 aliphatic carbocycles. The highest BCUT2D eigenvalue weighted by molar-refractivity contribution is 5.99. The van der Waals surface area contributed by atoms with Crippen molar-refractivity contribution in [2.75, 3.05) is 48.8 Å². The number of carbonyl (C=O) groups is 1. The van der Waals surface area contributed by atoms with E-state index in [1.165, 1.54) is 30.6 Å². The highest BCUT2D eigenvalue weighted by atomic mass is 19.1. The zero-order valence-electron chi connectivity index (χ0n) is 20.3. The van der Waals surface area contributed by atoms with Crippen molar-refractivity contribution < 1.29 is 9.18 Å². The maximum atomic E-state index is 14.4. The minimum Gasteiger partial charge on any atom is -0.369 e. The monoisotopic (exact) mass is 499 g/mol. The van der Waals surface area contributed by atoms with E-state index >= 15 is 0 Å². The van der Waals surface area contributed by atoms with Gasteiger partial charge in [0.1, 0.15) is 5.82 Å². The van der Waals surface area contributed by atoms with Crippen molar-refractivity contribution in [3.05, 3.63) is 89.6 Å². The molecule has 1 saturated heterocycles. The largest absolute Gasteiger partial charge is 0.369 e. The molecule has 0 atom stereocenters. The molecule has 1 fully saturated rings. The van der Waals surface area contributed by atoms with Crippen LogP contribution >= 0.6 is 0 Å². The highest BCUT2D eigenvalue weighted by Gasteiger charge is 2.15. The Morgan fingerprint density at radius 1 is 1.03 bits per heavy atom. The predicted molar refractivity (Wildman–Crippen MR) is 143 cm³/mol. The topological polar surface area (TPSA) is 95.4 Å². The van der Waals surface area contributed by atoms with Crippen LogP contribution in [0.2, 0.25) is 0 Å². The van der Waals surface area contributed by atoms with Crippen LogP contribution in [0.1, 0.15) is 0 Å². The van der Waals surface area contributed by atoms with Crippen molar-refractivity contribution in [2.24, 2.45) is 0 Å². The molecule has 0 spiro atoms. The Bertz CT molecular complexity index is 1530. The summed E-state index contributed by atoms with van der Waals surface area (Å²) in [5.41, 5.74) is 2.61. The Morgan fingerprint density at radius 3 is 2.51 bits per heavy atom. The van der Waals surface area contributed by atoms with Crippen LogP contribution in [-0.2, 0) is 4.79 Å². The molecule has 1 amide bonds. The van der Waals surface area contributed by atoms with Crippen LogP contribution in [0.5, 0.6) is 0 Å². The van der Waals surface area contributed by atoms with E-state index in [2.05, 4.69) is 56.2 Å². The number of pyridine rings is 1. The number of rotatable bonds is 6. The molecule has 37 heavy (non-hydrogen) atoms. The van der Waals surface area contributed by atoms with Gasteiger partial charge < -0.3 is 25.0 Å². The standard InChI is InChI=1S/C27H26FN7O2/c1-3-25(37)30-20-14-18(28)15-22(16-20)35-9-8-24(36)23-17-29-27(32-26(23)35)31-19-4-6-21(7-5-19)34-12-10-33(2)11-13-34/h3-9,14-17H,1,10-13H2,2H3,(H,30,37)(H,29,31,32). The Hall–Kier alpha value is -4.57. The lowest BCUT2D eigenvalue weighted by atomic mass is 10.2. The number of likely N-dealkylation sites (N-methyl/N-ethyl adjacent to an activating group) is 1. The fourth-order valence-electron chi connectivity index (χ4n) is 4.23. The lowest BCUT2D eigenvalue weighted by Crippen LogP contribution is -2.44. The van der Waals surface area contributed by atoms with Crippen molar-refractivity contribution in [1.82, 2.24) is 19.4 Å². The second-order valence-electron chi connectivity index (χ2n) is 8.83. The molecule has 0 bridgehead atoms. The summed E-state index contributed by atoms with van der Waals surface area (Å²) in [6.45, 7) is 7.43. The summed E-state index contributed by atoms with van der Waals surface area (Å²) in [7, 11) is 2.13. The average Bonchev–Trinajstić information content (AvgIpc) is 2.89. The van der Waals surface area contributed by atoms with Crippen LogP contribution in [0.25, 0.3) is 16.7 Å². The Morgan fingerprint density at radius 2 is 1.78 bits per heavy atom. The predicted octanol–water partition coefficient (Wildman–Crippen LogP) is 3.54. The molecule has 1 aliphatic rings. The van der Waals surface area contributed by atoms with Crippen molar-refractivity contribution in [3.8, 4) is 5.69 Å². The van der Waals surface area contributed by atoms with E-state index in [1.54, 1.807) is 10.6 Å². The second kappa shape index (κ2) is 10.2. The summed E-state index contributed by atoms with van der Waals surface area (Å²) in [4.78, 5) is 37.7. The Balaban J connectivity index is 1.45. The third-order valence-electron chi connectivity index (χ3n) is 6.24. The number of aromatic nitrogens is 3. The van der Waals surface area contributed by atoms with E-state index in [1.807, 2.05) is 12.1 Å². The van der Waals surface area contributed by atoms with Crippen molar-refractivity contribution in [2.45, 2.75) is 0 Å². The highest BCUT2D eigenvalue weighted by Crippen LogP contribution is 2.23. The lowest BCUT2D eigenvalue weighted by molar-refractivity contribution is -0.111. The molecule has 0 unspecified atom stereocenters. The SMILES string of the molecule is C=CC(=O)Nc1cc(F)cc(-n2ccc(=O)c3cnc(Nc4ccc(N5CCN(C)CC5)cc4)nc32)c1. The van der Waals surface area contributed by atoms with Gasteiger partial charge in [-0.15, -0.1) is 0 Å². The number of amides is 1. The van der Waals surface area contributed by atoms with Crippen LogP contribution in [0.4, 0.5) is 27.4 Å². The summed E-state index contributed by atoms with van der Waals surface area (Å²) in [6, 6.07) is 13.5. The van der Waals surface area contributed by atoms with E-state index in [0.29, 0.717) is 11.3 Å². The zero-order chi connectivity index (χ0) is 25.9. The van der Waals surface area contributed by atoms with E-state index in [-0.39, 0.29) is 22.5 Å². The van der Waals surface area contributed by atoms with Gasteiger partial charge in [-0.1, -0.05) is 6.58 Å². The average molecular weight is 500 g/mol. The van der Waals surface area contributed by atoms with Gasteiger partial charge in [0.05, 0.1) is 11.1 Å². The number of nitrogens with zero attached hydrogens (tertiary/aromatic N) is 5. The normalized spacial score (nSPS) is 13.9. The van der Waals surface area contributed by atoms with E-state index < -0.39 is 11.7 Å². The molecule has 2 N–H and O–H groups in total. The summed E-state index contributed by atoms with van der Waals surface area (Å²) in [5.74, 6) is -0.735. The first-order valence-corrected chi connectivity index (χ1v) is 11.8. The first-order chi connectivity index (χ1) is 17.9. The molecule has 2 aromatic carbocycles. The molecule has 10 heteroatoms. The van der Waals surface area contributed by atoms with E-state index in [0.717, 1.165) is 43.6 Å². The first kappa shape index (κ1) is 24.1. The van der Waals surface area contributed by atoms with Crippen LogP contribution in [0.15, 0.2) is 78.4 Å². The molecule has 2 aromatic heterocycles. The molecular weight excluding hydrogens is 473 g/mol. The smallest absolute Gasteiger partial charge is 0.247 e. The zero-order valence-corrected chi connectivity index (χ0v) is 20.3. The van der Waals surface area contributed by atoms with Gasteiger partial charge >= 0.3 is 0 Å². The maximum Gasteiger partial charge on any atom is 0.247 e. The molecule has 1 aliphatic heterocycles. The van der Waals surface area contributed by atoms with Crippen molar-refractivity contribution >= 4 is 40.0 Å². The van der Waals surface area contributed by atoms with Gasteiger partial charge in [0.2, 0.25) is 11.9 Å². The van der Waals surface area contributed by atoms with Crippen molar-refractivity contribution in [3.63, 3.8) is 0 Å². The van der Waals surface area contributed by atoms with Crippen LogP contribution < -0.4 is 21.0 Å². The third kappa shape index (κ3) is 5.34. The number of nitrogens with one attached hydrogen (secondary N) is 2. The number of piperazine rings is 1. The molecule has 9 nitrogen and oxygen atoms in total. The molecule has 4 aromatic rings. The van der Waals surface area contributed by atoms with Crippen LogP contribution in [0, 0.1) is 5.82 Å². The minimum atomic E-state index is -0.559. The van der Waals surface area contributed by atoms with E-state index in [4.69, 9.17) is 0 Å². The van der Waals surface area contributed by atoms with Gasteiger partial charge in [-0.3, -0.25) is 9.59 Å². The number of carbonyl (C=O) groups excluding carboxylic acids is 1. The molecule has 5 rings (SSSR count). The number of benzene rings is 2. The van der Waals surface area contributed by atoms with Gasteiger partial charge in [0.15, 0.2) is 11.1 Å².